The van der Waals surface area contributed by atoms with Crippen LogP contribution >= 0.6 is 23.0 Å². The number of hydrogen-bond acceptors (Lipinski definition) is 8. The molecule has 9 heteroatoms. The van der Waals surface area contributed by atoms with Crippen LogP contribution in [0.25, 0.3) is 0 Å². The zero-order chi connectivity index (χ0) is 23.2. The van der Waals surface area contributed by atoms with Crippen molar-refractivity contribution in [3.8, 4) is 11.5 Å². The van der Waals surface area contributed by atoms with E-state index in [1.807, 2.05) is 0 Å². The summed E-state index contributed by atoms with van der Waals surface area (Å²) in [7, 11) is 0. The average molecular weight is 564 g/mol. The monoisotopic (exact) mass is 564 g/mol. The molecule has 1 aliphatic rings. The molecule has 0 bridgehead atoms. The highest BCUT2D eigenvalue weighted by Gasteiger charge is 2.22. The summed E-state index contributed by atoms with van der Waals surface area (Å²) in [5.74, 6) is 0.444. The molecule has 0 aromatic heterocycles. The Labute approximate surface area is 203 Å². The van der Waals surface area contributed by atoms with Gasteiger partial charge in [0, 0.05) is 13.0 Å². The average Bonchev–Trinajstić information content (AvgIpc) is 2.76. The number of aliphatic hydroxyl groups is 1. The van der Waals surface area contributed by atoms with E-state index in [2.05, 4.69) is 0 Å². The Morgan fingerprint density at radius 2 is 1.59 bits per heavy atom. The van der Waals surface area contributed by atoms with Gasteiger partial charge < -0.3 is 27.1 Å². The highest BCUT2D eigenvalue weighted by molar-refractivity contribution is 14.1. The van der Waals surface area contributed by atoms with E-state index in [1.165, 1.54) is 26.2 Å². The molecule has 8 nitrogen and oxygen atoms in total. The van der Waals surface area contributed by atoms with E-state index in [0.29, 0.717) is 11.5 Å². The highest BCUT2D eigenvalue weighted by atomic mass is 127. The summed E-state index contributed by atoms with van der Waals surface area (Å²) in [5, 5.41) is 9.77. The van der Waals surface area contributed by atoms with Crippen molar-refractivity contribution in [1.29, 1.82) is 0 Å². The van der Waals surface area contributed by atoms with Crippen molar-refractivity contribution in [2.24, 2.45) is 5.92 Å². The number of benzene rings is 1. The molecule has 0 saturated heterocycles. The van der Waals surface area contributed by atoms with Gasteiger partial charge in [-0.1, -0.05) is 38.2 Å². The first-order valence-electron chi connectivity index (χ1n) is 11.1. The van der Waals surface area contributed by atoms with Gasteiger partial charge in [-0.25, -0.2) is 0 Å². The second-order valence-electron chi connectivity index (χ2n) is 7.94. The minimum atomic E-state index is -0.923. The van der Waals surface area contributed by atoms with Gasteiger partial charge >= 0.3 is 11.9 Å². The zero-order valence-corrected chi connectivity index (χ0v) is 20.7. The summed E-state index contributed by atoms with van der Waals surface area (Å²) >= 11 is 1.78. The Hall–Kier alpha value is -1.59. The van der Waals surface area contributed by atoms with Crippen LogP contribution in [0.4, 0.5) is 0 Å². The summed E-state index contributed by atoms with van der Waals surface area (Å²) in [4.78, 5) is 23.2. The molecule has 180 valence electrons. The molecule has 0 amide bonds. The molecule has 1 aliphatic carbocycles. The van der Waals surface area contributed by atoms with Crippen LogP contribution in [-0.4, -0.2) is 55.7 Å². The largest absolute Gasteiger partial charge is 0.491 e. The second-order valence-corrected chi connectivity index (χ2v) is 8.44. The van der Waals surface area contributed by atoms with Gasteiger partial charge in [-0.15, -0.1) is 0 Å². The van der Waals surface area contributed by atoms with Crippen molar-refractivity contribution in [2.45, 2.75) is 64.1 Å². The molecular weight excluding hydrogens is 531 g/mol. The van der Waals surface area contributed by atoms with Crippen LogP contribution in [0.15, 0.2) is 24.3 Å². The summed E-state index contributed by atoms with van der Waals surface area (Å²) in [6, 6.07) is 6.95. The smallest absolute Gasteiger partial charge is 0.309 e. The standard InChI is InChI=1S/C23H33IO8/c1-17(25)28-13-19(26)14-29-20-10-7-11-21(12-20)30-15-22(32-24)16-31-23(27)18-8-5-3-2-4-6-9-18/h7,10-12,18-19,22,26H,2-6,8-9,13-16H2,1H3. The van der Waals surface area contributed by atoms with Gasteiger partial charge in [-0.2, -0.15) is 0 Å². The van der Waals surface area contributed by atoms with E-state index >= 15 is 0 Å². The van der Waals surface area contributed by atoms with Crippen molar-refractivity contribution >= 4 is 34.9 Å². The zero-order valence-electron chi connectivity index (χ0n) is 18.5. The quantitative estimate of drug-likeness (QED) is 0.301. The van der Waals surface area contributed by atoms with Gasteiger partial charge in [0.15, 0.2) is 0 Å². The number of aliphatic hydroxyl groups excluding tert-OH is 1. The third kappa shape index (κ3) is 10.8. The molecule has 2 atom stereocenters. The molecule has 0 heterocycles. The Morgan fingerprint density at radius 1 is 0.969 bits per heavy atom. The van der Waals surface area contributed by atoms with E-state index in [4.69, 9.17) is 22.0 Å². The predicted octanol–water partition coefficient (Wildman–Crippen LogP) is 4.01. The third-order valence-corrected chi connectivity index (χ3v) is 5.86. The minimum absolute atomic E-state index is 0.0175. The molecule has 2 unspecified atom stereocenters. The van der Waals surface area contributed by atoms with E-state index in [1.54, 1.807) is 47.3 Å². The maximum atomic E-state index is 12.4. The molecule has 1 fully saturated rings. The van der Waals surface area contributed by atoms with Crippen LogP contribution in [-0.2, 0) is 22.1 Å². The fourth-order valence-electron chi connectivity index (χ4n) is 3.38. The van der Waals surface area contributed by atoms with Crippen molar-refractivity contribution in [1.82, 2.24) is 0 Å². The van der Waals surface area contributed by atoms with Crippen LogP contribution < -0.4 is 9.47 Å². The number of rotatable bonds is 12. The first kappa shape index (κ1) is 26.7. The summed E-state index contributed by atoms with van der Waals surface area (Å²) < 4.78 is 26.9. The number of esters is 2. The van der Waals surface area contributed by atoms with E-state index in [9.17, 15) is 14.7 Å². The second kappa shape index (κ2) is 15.3. The van der Waals surface area contributed by atoms with Gasteiger partial charge in [-0.3, -0.25) is 9.59 Å². The van der Waals surface area contributed by atoms with Crippen LogP contribution in [0, 0.1) is 5.92 Å². The number of carbonyl (C=O) groups is 2. The van der Waals surface area contributed by atoms with Gasteiger partial charge in [-0.05, 0) is 25.0 Å². The van der Waals surface area contributed by atoms with E-state index in [0.717, 1.165) is 25.7 Å². The van der Waals surface area contributed by atoms with Crippen LogP contribution in [0.1, 0.15) is 51.9 Å². The Morgan fingerprint density at radius 3 is 2.22 bits per heavy atom. The number of hydrogen-bond donors (Lipinski definition) is 1. The van der Waals surface area contributed by atoms with Gasteiger partial charge in [0.25, 0.3) is 0 Å². The minimum Gasteiger partial charge on any atom is -0.491 e. The summed E-state index contributed by atoms with van der Waals surface area (Å²) in [6.45, 7) is 1.48. The topological polar surface area (TPSA) is 101 Å². The van der Waals surface area contributed by atoms with Crippen LogP contribution in [0.2, 0.25) is 0 Å². The molecule has 1 aromatic rings. The van der Waals surface area contributed by atoms with Gasteiger partial charge in [0.1, 0.15) is 73.1 Å². The summed E-state index contributed by atoms with van der Waals surface area (Å²) in [6.07, 6.45) is 6.25. The first-order chi connectivity index (χ1) is 15.5. The third-order valence-electron chi connectivity index (χ3n) is 5.14. The molecule has 1 N–H and O–H groups in total. The van der Waals surface area contributed by atoms with Crippen LogP contribution in [0.5, 0.6) is 11.5 Å². The predicted molar refractivity (Wildman–Crippen MR) is 126 cm³/mol. The molecule has 0 aliphatic heterocycles. The molecule has 1 aromatic carbocycles. The van der Waals surface area contributed by atoms with Crippen molar-refractivity contribution < 1.29 is 36.7 Å². The number of ether oxygens (including phenoxy) is 4. The Bertz CT molecular complexity index is 690. The lowest BCUT2D eigenvalue weighted by atomic mass is 9.91. The fourth-order valence-corrected chi connectivity index (χ4v) is 3.67. The number of halogens is 1. The summed E-state index contributed by atoms with van der Waals surface area (Å²) in [5.41, 5.74) is 0. The Balaban J connectivity index is 1.74. The van der Waals surface area contributed by atoms with Crippen molar-refractivity contribution in [3.63, 3.8) is 0 Å². The first-order valence-corrected chi connectivity index (χ1v) is 12.0. The van der Waals surface area contributed by atoms with E-state index in [-0.39, 0.29) is 38.3 Å². The molecular formula is C23H33IO8. The maximum Gasteiger partial charge on any atom is 0.309 e. The molecule has 32 heavy (non-hydrogen) atoms. The number of carbonyl (C=O) groups excluding carboxylic acids is 2. The molecule has 1 saturated carbocycles. The van der Waals surface area contributed by atoms with E-state index < -0.39 is 18.2 Å². The van der Waals surface area contributed by atoms with Crippen molar-refractivity contribution in [3.05, 3.63) is 24.3 Å². The lowest BCUT2D eigenvalue weighted by molar-refractivity contribution is -0.151. The maximum absolute atomic E-state index is 12.4. The fraction of sp³-hybridized carbons (Fsp3) is 0.652. The Kier molecular flexibility index (Phi) is 12.7. The van der Waals surface area contributed by atoms with Crippen LogP contribution in [0.3, 0.4) is 0 Å². The lowest BCUT2D eigenvalue weighted by Gasteiger charge is -2.20. The molecule has 2 rings (SSSR count). The SMILES string of the molecule is CC(=O)OCC(O)COc1cccc(OCC(COC(=O)C2CCCCCCC2)OI)c1. The highest BCUT2D eigenvalue weighted by Crippen LogP contribution is 2.24. The van der Waals surface area contributed by atoms with Crippen molar-refractivity contribution in [2.75, 3.05) is 26.4 Å². The van der Waals surface area contributed by atoms with Gasteiger partial charge in [0.2, 0.25) is 0 Å². The molecule has 0 spiro atoms. The molecule has 0 radical (unpaired) electrons. The lowest BCUT2D eigenvalue weighted by Crippen LogP contribution is -2.28. The van der Waals surface area contributed by atoms with Gasteiger partial charge in [0.05, 0.1) is 5.92 Å². The normalized spacial score (nSPS) is 16.8.